The number of rotatable bonds is 3. The van der Waals surface area contributed by atoms with E-state index in [0.717, 1.165) is 5.56 Å². The van der Waals surface area contributed by atoms with Gasteiger partial charge < -0.3 is 0 Å². The van der Waals surface area contributed by atoms with Gasteiger partial charge >= 0.3 is 0 Å². The predicted octanol–water partition coefficient (Wildman–Crippen LogP) is 3.85. The first-order valence-electron chi connectivity index (χ1n) is 5.86. The molecule has 2 rings (SSSR count). The van der Waals surface area contributed by atoms with Gasteiger partial charge in [-0.15, -0.1) is 0 Å². The second-order valence-corrected chi connectivity index (χ2v) is 4.59. The molecule has 0 aliphatic rings. The monoisotopic (exact) mass is 239 g/mol. The summed E-state index contributed by atoms with van der Waals surface area (Å²) in [5, 5.41) is 9.41. The highest BCUT2D eigenvalue weighted by molar-refractivity contribution is 5.35. The van der Waals surface area contributed by atoms with E-state index in [-0.39, 0.29) is 5.82 Å². The highest BCUT2D eigenvalue weighted by Gasteiger charge is 2.29. The summed E-state index contributed by atoms with van der Waals surface area (Å²) >= 11 is 0. The molecule has 2 aromatic carbocycles. The number of nitriles is 1. The average Bonchev–Trinajstić information content (AvgIpc) is 2.40. The maximum atomic E-state index is 13.8. The molecule has 0 aliphatic carbocycles. The van der Waals surface area contributed by atoms with E-state index in [1.54, 1.807) is 25.1 Å². The van der Waals surface area contributed by atoms with Gasteiger partial charge in [-0.3, -0.25) is 0 Å². The van der Waals surface area contributed by atoms with Crippen LogP contribution >= 0.6 is 0 Å². The molecule has 0 radical (unpaired) electrons. The van der Waals surface area contributed by atoms with Crippen LogP contribution < -0.4 is 0 Å². The van der Waals surface area contributed by atoms with Gasteiger partial charge in [-0.05, 0) is 25.0 Å². The van der Waals surface area contributed by atoms with E-state index in [0.29, 0.717) is 12.0 Å². The minimum Gasteiger partial charge on any atom is -0.207 e. The lowest BCUT2D eigenvalue weighted by Crippen LogP contribution is -2.24. The van der Waals surface area contributed by atoms with Crippen molar-refractivity contribution in [2.75, 3.05) is 0 Å². The Kier molecular flexibility index (Phi) is 3.43. The van der Waals surface area contributed by atoms with Crippen molar-refractivity contribution >= 4 is 0 Å². The molecule has 0 spiro atoms. The van der Waals surface area contributed by atoms with E-state index in [1.165, 1.54) is 6.07 Å². The molecular weight excluding hydrogens is 225 g/mol. The number of nitrogens with zero attached hydrogens (tertiary/aromatic N) is 1. The molecule has 0 saturated carbocycles. The standard InChI is InChI=1S/C16H14FN/c1-16(12-18,11-13-7-3-2-4-8-13)14-9-5-6-10-15(14)17/h2-10H,11H2,1H3. The first-order chi connectivity index (χ1) is 8.65. The lowest BCUT2D eigenvalue weighted by Gasteiger charge is -2.22. The smallest absolute Gasteiger partial charge is 0.128 e. The minimum atomic E-state index is -0.841. The Bertz CT molecular complexity index is 571. The van der Waals surface area contributed by atoms with Crippen molar-refractivity contribution in [3.8, 4) is 6.07 Å². The van der Waals surface area contributed by atoms with Crippen molar-refractivity contribution in [3.63, 3.8) is 0 Å². The van der Waals surface area contributed by atoms with Gasteiger partial charge in [-0.1, -0.05) is 48.5 Å². The third-order valence-electron chi connectivity index (χ3n) is 3.12. The summed E-state index contributed by atoms with van der Waals surface area (Å²) in [6.45, 7) is 1.78. The molecule has 18 heavy (non-hydrogen) atoms. The third-order valence-corrected chi connectivity index (χ3v) is 3.12. The maximum Gasteiger partial charge on any atom is 0.128 e. The number of benzene rings is 2. The van der Waals surface area contributed by atoms with Crippen LogP contribution in [0.4, 0.5) is 4.39 Å². The molecule has 1 atom stereocenters. The first kappa shape index (κ1) is 12.3. The summed E-state index contributed by atoms with van der Waals surface area (Å²) in [5.41, 5.74) is 0.647. The summed E-state index contributed by atoms with van der Waals surface area (Å²) in [7, 11) is 0. The lowest BCUT2D eigenvalue weighted by atomic mass is 9.78. The van der Waals surface area contributed by atoms with E-state index in [9.17, 15) is 9.65 Å². The molecule has 0 N–H and O–H groups in total. The average molecular weight is 239 g/mol. The van der Waals surface area contributed by atoms with Crippen molar-refractivity contribution in [3.05, 3.63) is 71.5 Å². The number of hydrogen-bond acceptors (Lipinski definition) is 1. The van der Waals surface area contributed by atoms with Gasteiger partial charge in [-0.25, -0.2) is 4.39 Å². The Balaban J connectivity index is 2.38. The van der Waals surface area contributed by atoms with Gasteiger partial charge in [0.15, 0.2) is 0 Å². The lowest BCUT2D eigenvalue weighted by molar-refractivity contribution is 0.535. The molecular formula is C16H14FN. The quantitative estimate of drug-likeness (QED) is 0.798. The van der Waals surface area contributed by atoms with E-state index < -0.39 is 5.41 Å². The van der Waals surface area contributed by atoms with Crippen LogP contribution in [0, 0.1) is 17.1 Å². The fourth-order valence-corrected chi connectivity index (χ4v) is 2.11. The zero-order chi connectivity index (χ0) is 13.0. The number of halogens is 1. The van der Waals surface area contributed by atoms with E-state index in [2.05, 4.69) is 6.07 Å². The Morgan fingerprint density at radius 2 is 1.67 bits per heavy atom. The Morgan fingerprint density at radius 3 is 2.28 bits per heavy atom. The summed E-state index contributed by atoms with van der Waals surface area (Å²) in [5.74, 6) is -0.322. The molecule has 0 bridgehead atoms. The fraction of sp³-hybridized carbons (Fsp3) is 0.188. The van der Waals surface area contributed by atoms with Crippen LogP contribution in [0.15, 0.2) is 54.6 Å². The molecule has 0 saturated heterocycles. The molecule has 0 heterocycles. The van der Waals surface area contributed by atoms with Crippen LogP contribution in [0.3, 0.4) is 0 Å². The summed E-state index contributed by atoms with van der Waals surface area (Å²) < 4.78 is 13.8. The van der Waals surface area contributed by atoms with Gasteiger partial charge in [0.25, 0.3) is 0 Å². The molecule has 0 fully saturated rings. The fourth-order valence-electron chi connectivity index (χ4n) is 2.11. The van der Waals surface area contributed by atoms with Crippen molar-refractivity contribution < 1.29 is 4.39 Å². The topological polar surface area (TPSA) is 23.8 Å². The molecule has 2 heteroatoms. The van der Waals surface area contributed by atoms with E-state index >= 15 is 0 Å². The molecule has 1 unspecified atom stereocenters. The van der Waals surface area contributed by atoms with Crippen LogP contribution in [0.25, 0.3) is 0 Å². The van der Waals surface area contributed by atoms with Gasteiger partial charge in [0.2, 0.25) is 0 Å². The minimum absolute atomic E-state index is 0.322. The molecule has 1 nitrogen and oxygen atoms in total. The van der Waals surface area contributed by atoms with Gasteiger partial charge in [0.05, 0.1) is 11.5 Å². The van der Waals surface area contributed by atoms with E-state index in [4.69, 9.17) is 0 Å². The normalized spacial score (nSPS) is 13.6. The van der Waals surface area contributed by atoms with Gasteiger partial charge in [-0.2, -0.15) is 5.26 Å². The van der Waals surface area contributed by atoms with Crippen LogP contribution in [0.5, 0.6) is 0 Å². The summed E-state index contributed by atoms with van der Waals surface area (Å²) in [6.07, 6.45) is 0.505. The molecule has 0 amide bonds. The van der Waals surface area contributed by atoms with Crippen LogP contribution in [0.1, 0.15) is 18.1 Å². The van der Waals surface area contributed by atoms with Crippen LogP contribution in [-0.2, 0) is 11.8 Å². The predicted molar refractivity (Wildman–Crippen MR) is 69.5 cm³/mol. The van der Waals surface area contributed by atoms with Crippen LogP contribution in [0.2, 0.25) is 0 Å². The molecule has 90 valence electrons. The first-order valence-corrected chi connectivity index (χ1v) is 5.86. The second kappa shape index (κ2) is 5.01. The van der Waals surface area contributed by atoms with E-state index in [1.807, 2.05) is 30.3 Å². The Labute approximate surface area is 107 Å². The largest absolute Gasteiger partial charge is 0.207 e. The molecule has 0 aliphatic heterocycles. The third kappa shape index (κ3) is 2.41. The Morgan fingerprint density at radius 1 is 1.06 bits per heavy atom. The van der Waals surface area contributed by atoms with Crippen molar-refractivity contribution in [2.24, 2.45) is 0 Å². The highest BCUT2D eigenvalue weighted by Crippen LogP contribution is 2.29. The van der Waals surface area contributed by atoms with Gasteiger partial charge in [0.1, 0.15) is 5.82 Å². The molecule has 0 aromatic heterocycles. The Hall–Kier alpha value is -2.14. The van der Waals surface area contributed by atoms with Crippen molar-refractivity contribution in [1.29, 1.82) is 5.26 Å². The van der Waals surface area contributed by atoms with Crippen molar-refractivity contribution in [2.45, 2.75) is 18.8 Å². The maximum absolute atomic E-state index is 13.8. The zero-order valence-corrected chi connectivity index (χ0v) is 10.2. The van der Waals surface area contributed by atoms with Crippen molar-refractivity contribution in [1.82, 2.24) is 0 Å². The summed E-state index contributed by atoms with van der Waals surface area (Å²) in [4.78, 5) is 0. The van der Waals surface area contributed by atoms with Gasteiger partial charge in [0, 0.05) is 5.56 Å². The SMILES string of the molecule is CC(C#N)(Cc1ccccc1)c1ccccc1F. The summed E-state index contributed by atoms with van der Waals surface area (Å²) in [6, 6.07) is 18.4. The number of hydrogen-bond donors (Lipinski definition) is 0. The highest BCUT2D eigenvalue weighted by atomic mass is 19.1. The van der Waals surface area contributed by atoms with Crippen LogP contribution in [-0.4, -0.2) is 0 Å². The zero-order valence-electron chi connectivity index (χ0n) is 10.2. The molecule has 2 aromatic rings. The second-order valence-electron chi connectivity index (χ2n) is 4.59.